The van der Waals surface area contributed by atoms with Crippen molar-refractivity contribution < 1.29 is 50.1 Å². The molecule has 12 nitrogen and oxygen atoms in total. The van der Waals surface area contributed by atoms with Gasteiger partial charge in [0.1, 0.15) is 23.3 Å². The minimum Gasteiger partial charge on any atom is -0.490 e. The van der Waals surface area contributed by atoms with Crippen molar-refractivity contribution in [3.63, 3.8) is 0 Å². The van der Waals surface area contributed by atoms with Gasteiger partial charge >= 0.3 is 18.3 Å². The summed E-state index contributed by atoms with van der Waals surface area (Å²) in [4.78, 5) is 31.9. The first-order chi connectivity index (χ1) is 21.0. The average molecular weight is 644 g/mol. The second kappa shape index (κ2) is 14.0. The number of hydrogen-bond donors (Lipinski definition) is 5. The molecule has 0 aliphatic carbocycles. The van der Waals surface area contributed by atoms with Crippen LogP contribution in [0.25, 0.3) is 0 Å². The lowest BCUT2D eigenvalue weighted by molar-refractivity contribution is -0.189. The highest BCUT2D eigenvalue weighted by Gasteiger charge is 2.42. The maximum Gasteiger partial charge on any atom is 0.491 e. The number of amides is 1. The molecule has 0 fully saturated rings. The zero-order chi connectivity index (χ0) is 33.5. The van der Waals surface area contributed by atoms with E-state index in [0.717, 1.165) is 18.3 Å². The zero-order valence-corrected chi connectivity index (χ0v) is 23.8. The van der Waals surface area contributed by atoms with Crippen LogP contribution in [0.15, 0.2) is 48.7 Å². The Morgan fingerprint density at radius 2 is 1.71 bits per heavy atom. The molecule has 3 aromatic rings. The van der Waals surface area contributed by atoms with Crippen molar-refractivity contribution in [3.05, 3.63) is 65.5 Å². The zero-order valence-electron chi connectivity index (χ0n) is 23.8. The number of rotatable bonds is 12. The quantitative estimate of drug-likeness (QED) is 0.0464. The van der Waals surface area contributed by atoms with Crippen molar-refractivity contribution in [2.24, 2.45) is 5.73 Å². The van der Waals surface area contributed by atoms with E-state index < -0.39 is 53.5 Å². The van der Waals surface area contributed by atoms with Crippen LogP contribution in [0, 0.1) is 5.41 Å². The minimum absolute atomic E-state index is 0.0825. The van der Waals surface area contributed by atoms with E-state index >= 15 is 0 Å². The van der Waals surface area contributed by atoms with Crippen LogP contribution < -0.4 is 36.1 Å². The van der Waals surface area contributed by atoms with Gasteiger partial charge in [-0.1, -0.05) is 6.07 Å². The first kappa shape index (κ1) is 34.2. The SMILES string of the molecule is CCOc1cc(C(Nc2ccc(C(=N)N)c(OC(=O)C(F)(F)F)c2)C(=O)NNc2nccc(C(F)(F)F)n2)ccc1OC(C)C. The summed E-state index contributed by atoms with van der Waals surface area (Å²) in [6, 6.07) is 6.83. The number of alkyl halides is 6. The molecule has 1 amide bonds. The van der Waals surface area contributed by atoms with E-state index in [1.807, 2.05) is 0 Å². The van der Waals surface area contributed by atoms with Gasteiger partial charge in [0.25, 0.3) is 5.91 Å². The van der Waals surface area contributed by atoms with Crippen LogP contribution in [0.3, 0.4) is 0 Å². The molecule has 3 rings (SSSR count). The number of nitrogens with two attached hydrogens (primary N) is 1. The van der Waals surface area contributed by atoms with E-state index in [4.69, 9.17) is 20.6 Å². The summed E-state index contributed by atoms with van der Waals surface area (Å²) in [5.41, 5.74) is 8.29. The van der Waals surface area contributed by atoms with Crippen molar-refractivity contribution in [2.75, 3.05) is 17.3 Å². The van der Waals surface area contributed by atoms with E-state index in [-0.39, 0.29) is 35.3 Å². The highest BCUT2D eigenvalue weighted by Crippen LogP contribution is 2.34. The number of hydrazine groups is 1. The Hall–Kier alpha value is -5.29. The Morgan fingerprint density at radius 1 is 1.00 bits per heavy atom. The van der Waals surface area contributed by atoms with E-state index in [9.17, 15) is 35.9 Å². The first-order valence-corrected chi connectivity index (χ1v) is 12.9. The summed E-state index contributed by atoms with van der Waals surface area (Å²) >= 11 is 0. The Balaban J connectivity index is 2.02. The summed E-state index contributed by atoms with van der Waals surface area (Å²) in [6.45, 7) is 5.46. The van der Waals surface area contributed by atoms with Gasteiger partial charge in [-0.15, -0.1) is 0 Å². The topological polar surface area (TPSA) is 174 Å². The molecule has 0 bridgehead atoms. The van der Waals surface area contributed by atoms with Crippen LogP contribution in [-0.4, -0.2) is 46.6 Å². The second-order valence-corrected chi connectivity index (χ2v) is 9.27. The molecule has 1 unspecified atom stereocenters. The Morgan fingerprint density at radius 3 is 2.31 bits per heavy atom. The number of benzene rings is 2. The molecule has 1 aromatic heterocycles. The molecule has 2 aromatic carbocycles. The lowest BCUT2D eigenvalue weighted by Crippen LogP contribution is -2.38. The van der Waals surface area contributed by atoms with Crippen molar-refractivity contribution in [1.29, 1.82) is 5.41 Å². The van der Waals surface area contributed by atoms with Crippen LogP contribution in [0.4, 0.5) is 38.0 Å². The van der Waals surface area contributed by atoms with Crippen molar-refractivity contribution in [3.8, 4) is 17.2 Å². The van der Waals surface area contributed by atoms with E-state index in [0.29, 0.717) is 11.8 Å². The molecular weight excluding hydrogens is 616 g/mol. The molecule has 45 heavy (non-hydrogen) atoms. The largest absolute Gasteiger partial charge is 0.491 e. The van der Waals surface area contributed by atoms with Gasteiger partial charge in [-0.05, 0) is 56.7 Å². The molecule has 0 radical (unpaired) electrons. The van der Waals surface area contributed by atoms with Crippen LogP contribution in [0.5, 0.6) is 17.2 Å². The summed E-state index contributed by atoms with van der Waals surface area (Å²) in [5.74, 6) is -5.00. The average Bonchev–Trinajstić information content (AvgIpc) is 2.94. The van der Waals surface area contributed by atoms with E-state index in [2.05, 4.69) is 30.9 Å². The molecule has 0 spiro atoms. The molecule has 18 heteroatoms. The van der Waals surface area contributed by atoms with Gasteiger partial charge < -0.3 is 25.3 Å². The number of aromatic nitrogens is 2. The number of hydrogen-bond acceptors (Lipinski definition) is 10. The monoisotopic (exact) mass is 643 g/mol. The fraction of sp³-hybridized carbons (Fsp3) is 0.296. The number of carbonyl (C=O) groups excluding carboxylic acids is 2. The van der Waals surface area contributed by atoms with Crippen molar-refractivity contribution in [1.82, 2.24) is 15.4 Å². The lowest BCUT2D eigenvalue weighted by Gasteiger charge is -2.23. The minimum atomic E-state index is -5.37. The van der Waals surface area contributed by atoms with Gasteiger partial charge in [-0.25, -0.2) is 14.8 Å². The maximum atomic E-state index is 13.4. The molecule has 242 valence electrons. The third-order valence-corrected chi connectivity index (χ3v) is 5.49. The number of ether oxygens (including phenoxy) is 3. The number of nitrogen functional groups attached to an aromatic ring is 1. The van der Waals surface area contributed by atoms with Crippen LogP contribution in [0.2, 0.25) is 0 Å². The van der Waals surface area contributed by atoms with E-state index in [1.54, 1.807) is 20.8 Å². The summed E-state index contributed by atoms with van der Waals surface area (Å²) in [6.07, 6.45) is -9.58. The third kappa shape index (κ3) is 9.35. The highest BCUT2D eigenvalue weighted by atomic mass is 19.4. The number of anilines is 2. The number of esters is 1. The number of carbonyl (C=O) groups is 2. The van der Waals surface area contributed by atoms with Gasteiger partial charge in [0, 0.05) is 18.0 Å². The predicted molar refractivity (Wildman–Crippen MR) is 148 cm³/mol. The lowest BCUT2D eigenvalue weighted by atomic mass is 10.0. The summed E-state index contributed by atoms with van der Waals surface area (Å²) in [7, 11) is 0. The molecule has 0 saturated carbocycles. The molecule has 0 aliphatic heterocycles. The van der Waals surface area contributed by atoms with E-state index in [1.165, 1.54) is 24.3 Å². The molecule has 0 saturated heterocycles. The predicted octanol–water partition coefficient (Wildman–Crippen LogP) is 4.73. The fourth-order valence-electron chi connectivity index (χ4n) is 3.63. The number of amidine groups is 1. The van der Waals surface area contributed by atoms with Gasteiger partial charge in [-0.3, -0.25) is 21.1 Å². The number of halogens is 6. The Labute approximate surface area is 251 Å². The van der Waals surface area contributed by atoms with Gasteiger partial charge in [0.15, 0.2) is 11.5 Å². The van der Waals surface area contributed by atoms with Crippen LogP contribution in [-0.2, 0) is 15.8 Å². The van der Waals surface area contributed by atoms with Crippen LogP contribution >= 0.6 is 0 Å². The van der Waals surface area contributed by atoms with Crippen LogP contribution in [0.1, 0.15) is 43.6 Å². The summed E-state index contributed by atoms with van der Waals surface area (Å²) in [5, 5.41) is 10.4. The Kier molecular flexibility index (Phi) is 10.6. The first-order valence-electron chi connectivity index (χ1n) is 12.9. The second-order valence-electron chi connectivity index (χ2n) is 9.27. The van der Waals surface area contributed by atoms with Gasteiger partial charge in [0.05, 0.1) is 18.3 Å². The normalized spacial score (nSPS) is 12.2. The molecule has 1 atom stereocenters. The number of nitrogens with zero attached hydrogens (tertiary/aromatic N) is 2. The smallest absolute Gasteiger partial charge is 0.490 e. The summed E-state index contributed by atoms with van der Waals surface area (Å²) < 4.78 is 93.7. The van der Waals surface area contributed by atoms with Crippen molar-refractivity contribution in [2.45, 2.75) is 45.3 Å². The fourth-order valence-corrected chi connectivity index (χ4v) is 3.63. The molecule has 1 heterocycles. The molecular formula is C27H27F6N7O5. The van der Waals surface area contributed by atoms with Crippen molar-refractivity contribution >= 4 is 29.3 Å². The molecule has 0 aliphatic rings. The maximum absolute atomic E-state index is 13.4. The van der Waals surface area contributed by atoms with Gasteiger partial charge in [0.2, 0.25) is 5.95 Å². The van der Waals surface area contributed by atoms with Gasteiger partial charge in [-0.2, -0.15) is 26.3 Å². The Bertz CT molecular complexity index is 1550. The molecule has 6 N–H and O–H groups in total. The third-order valence-electron chi connectivity index (χ3n) is 5.49. The highest BCUT2D eigenvalue weighted by molar-refractivity contribution is 5.99. The number of nitrogens with one attached hydrogen (secondary N) is 4. The standard InChI is InChI=1S/C27H27F6N7O5/c1-4-43-19-11-14(5-8-17(19)44-13(2)3)21(23(41)39-40-25-36-10-9-20(38-25)26(28,29)30)37-15-6-7-16(22(34)35)18(12-15)45-24(42)27(31,32)33/h5-13,21,37H,4H2,1-3H3,(H3,34,35)(H,39,41)(H,36,38,40).